The monoisotopic (exact) mass is 536 g/mol. The topological polar surface area (TPSA) is 115 Å². The van der Waals surface area contributed by atoms with Gasteiger partial charge in [0.2, 0.25) is 10.0 Å². The number of carbonyl (C=O) groups is 1. The van der Waals surface area contributed by atoms with Crippen LogP contribution in [0.1, 0.15) is 29.4 Å². The molecule has 38 heavy (non-hydrogen) atoms. The second-order valence-corrected chi connectivity index (χ2v) is 11.2. The molecule has 3 heterocycles. The molecule has 1 fully saturated rings. The maximum Gasteiger partial charge on any atom is 0.271 e. The molecule has 0 radical (unpaired) electrons. The Balaban J connectivity index is 1.60. The normalized spacial score (nSPS) is 17.3. The van der Waals surface area contributed by atoms with Gasteiger partial charge in [-0.2, -0.15) is 4.31 Å². The molecule has 0 N–H and O–H groups in total. The first-order valence-corrected chi connectivity index (χ1v) is 13.8. The minimum absolute atomic E-state index is 0.0117. The van der Waals surface area contributed by atoms with Crippen LogP contribution in [0.3, 0.4) is 0 Å². The maximum absolute atomic E-state index is 13.5. The molecule has 3 aromatic rings. The summed E-state index contributed by atoms with van der Waals surface area (Å²) in [5, 5.41) is 11.3. The maximum atomic E-state index is 13.5. The van der Waals surface area contributed by atoms with Crippen molar-refractivity contribution in [3.05, 3.63) is 81.2 Å². The summed E-state index contributed by atoms with van der Waals surface area (Å²) >= 11 is 0. The van der Waals surface area contributed by atoms with E-state index in [9.17, 15) is 23.3 Å². The summed E-state index contributed by atoms with van der Waals surface area (Å²) in [6, 6.07) is 13.1. The molecule has 11 heteroatoms. The van der Waals surface area contributed by atoms with Gasteiger partial charge in [-0.25, -0.2) is 8.42 Å². The molecule has 10 nitrogen and oxygen atoms in total. The molecule has 2 aliphatic rings. The Hall–Kier alpha value is -3.80. The van der Waals surface area contributed by atoms with Crippen molar-refractivity contribution < 1.29 is 22.9 Å². The van der Waals surface area contributed by atoms with Gasteiger partial charge in [-0.15, -0.1) is 0 Å². The van der Waals surface area contributed by atoms with E-state index in [1.54, 1.807) is 41.3 Å². The second-order valence-electron chi connectivity index (χ2n) is 9.24. The summed E-state index contributed by atoms with van der Waals surface area (Å²) in [4.78, 5) is 26.1. The van der Waals surface area contributed by atoms with Crippen molar-refractivity contribution in [2.45, 2.75) is 25.7 Å². The summed E-state index contributed by atoms with van der Waals surface area (Å²) in [5.41, 5.74) is 4.67. The molecular weight excluding hydrogens is 508 g/mol. The molecular formula is C27H28N4O6S. The third kappa shape index (κ3) is 4.32. The molecule has 0 aliphatic carbocycles. The van der Waals surface area contributed by atoms with Gasteiger partial charge < -0.3 is 14.2 Å². The molecule has 0 spiro atoms. The van der Waals surface area contributed by atoms with E-state index in [1.807, 2.05) is 31.4 Å². The third-order valence-electron chi connectivity index (χ3n) is 7.02. The van der Waals surface area contributed by atoms with Crippen LogP contribution in [-0.2, 0) is 19.6 Å². The van der Waals surface area contributed by atoms with Crippen LogP contribution in [0, 0.1) is 24.0 Å². The highest BCUT2D eigenvalue weighted by Gasteiger charge is 2.34. The smallest absolute Gasteiger partial charge is 0.271 e. The molecule has 2 aromatic carbocycles. The number of non-ortho nitro benzene ring substituents is 1. The fourth-order valence-corrected chi connectivity index (χ4v) is 6.55. The lowest BCUT2D eigenvalue weighted by atomic mass is 10.0. The van der Waals surface area contributed by atoms with E-state index in [1.165, 1.54) is 16.4 Å². The molecule has 0 saturated carbocycles. The predicted octanol–water partition coefficient (Wildman–Crippen LogP) is 3.93. The van der Waals surface area contributed by atoms with Crippen LogP contribution in [-0.4, -0.2) is 61.0 Å². The van der Waals surface area contributed by atoms with Gasteiger partial charge in [0, 0.05) is 54.3 Å². The Morgan fingerprint density at radius 1 is 1.08 bits per heavy atom. The van der Waals surface area contributed by atoms with Gasteiger partial charge in [0.15, 0.2) is 0 Å². The van der Waals surface area contributed by atoms with E-state index in [-0.39, 0.29) is 29.6 Å². The Kier molecular flexibility index (Phi) is 6.68. The van der Waals surface area contributed by atoms with Gasteiger partial charge in [0.05, 0.1) is 34.4 Å². The van der Waals surface area contributed by atoms with Crippen LogP contribution >= 0.6 is 0 Å². The summed E-state index contributed by atoms with van der Waals surface area (Å²) in [5.74, 6) is -0.205. The number of morpholine rings is 1. The Morgan fingerprint density at radius 3 is 2.50 bits per heavy atom. The van der Waals surface area contributed by atoms with E-state index in [4.69, 9.17) is 4.74 Å². The molecule has 1 amide bonds. The van der Waals surface area contributed by atoms with Crippen molar-refractivity contribution in [1.82, 2.24) is 8.87 Å². The Labute approximate surface area is 220 Å². The summed E-state index contributed by atoms with van der Waals surface area (Å²) in [6.45, 7) is 7.34. The fourth-order valence-electron chi connectivity index (χ4n) is 5.12. The minimum atomic E-state index is -3.74. The zero-order chi connectivity index (χ0) is 27.2. The minimum Gasteiger partial charge on any atom is -0.379 e. The number of amides is 1. The number of hydrogen-bond acceptors (Lipinski definition) is 6. The molecule has 1 saturated heterocycles. The van der Waals surface area contributed by atoms with E-state index < -0.39 is 14.9 Å². The largest absolute Gasteiger partial charge is 0.379 e. The van der Waals surface area contributed by atoms with Gasteiger partial charge in [-0.05, 0) is 62.7 Å². The van der Waals surface area contributed by atoms with Crippen molar-refractivity contribution in [2.75, 3.05) is 37.7 Å². The lowest BCUT2D eigenvalue weighted by molar-refractivity contribution is -0.384. The number of nitrogens with zero attached hydrogens (tertiary/aromatic N) is 4. The number of carbonyl (C=O) groups excluding carboxylic acids is 1. The number of sulfonamides is 1. The number of nitro benzene ring substituents is 1. The zero-order valence-corrected chi connectivity index (χ0v) is 22.2. The average molecular weight is 537 g/mol. The molecule has 198 valence electrons. The fraction of sp³-hybridized carbons (Fsp3) is 0.296. The van der Waals surface area contributed by atoms with Gasteiger partial charge in [0.25, 0.3) is 11.6 Å². The van der Waals surface area contributed by atoms with Gasteiger partial charge >= 0.3 is 0 Å². The van der Waals surface area contributed by atoms with Crippen LogP contribution in [0.2, 0.25) is 0 Å². The van der Waals surface area contributed by atoms with Crippen LogP contribution in [0.5, 0.6) is 0 Å². The van der Waals surface area contributed by atoms with E-state index >= 15 is 0 Å². The van der Waals surface area contributed by atoms with Gasteiger partial charge in [-0.3, -0.25) is 14.9 Å². The van der Waals surface area contributed by atoms with Crippen molar-refractivity contribution in [3.8, 4) is 5.69 Å². The Morgan fingerprint density at radius 2 is 1.82 bits per heavy atom. The number of fused-ring (bicyclic) bond motifs is 1. The highest BCUT2D eigenvalue weighted by Crippen LogP contribution is 2.40. The lowest BCUT2D eigenvalue weighted by Gasteiger charge is -2.26. The first kappa shape index (κ1) is 25.8. The highest BCUT2D eigenvalue weighted by atomic mass is 32.2. The molecule has 0 atom stereocenters. The number of aromatic nitrogens is 1. The summed E-state index contributed by atoms with van der Waals surface area (Å²) in [7, 11) is -3.74. The molecule has 5 rings (SSSR count). The number of aryl methyl sites for hydroxylation is 1. The number of hydrogen-bond donors (Lipinski definition) is 0. The highest BCUT2D eigenvalue weighted by molar-refractivity contribution is 7.89. The number of anilines is 1. The van der Waals surface area contributed by atoms with Crippen molar-refractivity contribution >= 4 is 39.0 Å². The van der Waals surface area contributed by atoms with Crippen LogP contribution in [0.15, 0.2) is 53.4 Å². The third-order valence-corrected chi connectivity index (χ3v) is 8.91. The Bertz CT molecular complexity index is 1580. The van der Waals surface area contributed by atoms with Gasteiger partial charge in [-0.1, -0.05) is 6.07 Å². The quantitative estimate of drug-likeness (QED) is 0.268. The van der Waals surface area contributed by atoms with E-state index in [0.29, 0.717) is 42.3 Å². The number of rotatable bonds is 6. The SMILES string of the molecule is CCN1C(=O)C(=Cc2cc(C)n(-c3cccc([N+](=O)[O-])c3)c2C)c2cc(S(=O)(=O)N3CCOCC3)ccc21. The second kappa shape index (κ2) is 9.82. The molecule has 0 bridgehead atoms. The zero-order valence-electron chi connectivity index (χ0n) is 21.4. The lowest BCUT2D eigenvalue weighted by Crippen LogP contribution is -2.40. The molecule has 1 aromatic heterocycles. The number of ether oxygens (including phenoxy) is 1. The van der Waals surface area contributed by atoms with E-state index in [2.05, 4.69) is 0 Å². The number of nitro groups is 1. The summed E-state index contributed by atoms with van der Waals surface area (Å²) in [6.07, 6.45) is 1.78. The van der Waals surface area contributed by atoms with E-state index in [0.717, 1.165) is 17.0 Å². The predicted molar refractivity (Wildman–Crippen MR) is 144 cm³/mol. The molecule has 0 unspecified atom stereocenters. The van der Waals surface area contributed by atoms with Crippen LogP contribution in [0.4, 0.5) is 11.4 Å². The summed E-state index contributed by atoms with van der Waals surface area (Å²) < 4.78 is 35.2. The van der Waals surface area contributed by atoms with Crippen molar-refractivity contribution in [2.24, 2.45) is 0 Å². The molecule has 2 aliphatic heterocycles. The first-order chi connectivity index (χ1) is 18.1. The van der Waals surface area contributed by atoms with Crippen molar-refractivity contribution in [3.63, 3.8) is 0 Å². The number of likely N-dealkylation sites (N-methyl/N-ethyl adjacent to an activating group) is 1. The first-order valence-electron chi connectivity index (χ1n) is 12.3. The average Bonchev–Trinajstić information content (AvgIpc) is 3.35. The van der Waals surface area contributed by atoms with Gasteiger partial charge in [0.1, 0.15) is 0 Å². The van der Waals surface area contributed by atoms with Crippen LogP contribution < -0.4 is 4.90 Å². The van der Waals surface area contributed by atoms with Crippen LogP contribution in [0.25, 0.3) is 17.3 Å². The number of benzene rings is 2. The standard InChI is InChI=1S/C27H28N4O6S/c1-4-29-26-9-8-23(38(35,36)28-10-12-37-13-11-28)17-24(26)25(27(29)32)15-20-14-18(2)30(19(20)3)21-6-5-7-22(16-21)31(33)34/h5-9,14-17H,4,10-13H2,1-3H3. The van der Waals surface area contributed by atoms with Crippen molar-refractivity contribution in [1.29, 1.82) is 0 Å².